The van der Waals surface area contributed by atoms with Crippen molar-refractivity contribution in [2.24, 2.45) is 14.1 Å². The molecular formula is C20H23FN4O4S. The first-order valence-electron chi connectivity index (χ1n) is 9.26. The summed E-state index contributed by atoms with van der Waals surface area (Å²) in [5, 5.41) is 2.62. The molecule has 30 heavy (non-hydrogen) atoms. The number of carbonyl (C=O) groups is 1. The molecule has 0 aliphatic rings. The molecule has 10 heteroatoms. The van der Waals surface area contributed by atoms with Crippen molar-refractivity contribution in [3.05, 3.63) is 58.8 Å². The van der Waals surface area contributed by atoms with Crippen molar-refractivity contribution in [1.29, 1.82) is 0 Å². The zero-order valence-corrected chi connectivity index (χ0v) is 17.9. The number of hydrogen-bond donors (Lipinski definition) is 1. The standard InChI is InChI=1S/C20H23FN4O4S/c1-13(2)22-19(26)12-25(16-8-6-5-7-15(16)21)30(28,29)14-9-10-17-18(11-14)24(4)20(27)23(17)3/h5-11,13H,12H2,1-4H3,(H,22,26). The van der Waals surface area contributed by atoms with Gasteiger partial charge in [-0.15, -0.1) is 0 Å². The zero-order chi connectivity index (χ0) is 22.2. The lowest BCUT2D eigenvalue weighted by atomic mass is 10.3. The van der Waals surface area contributed by atoms with Crippen molar-refractivity contribution in [1.82, 2.24) is 14.5 Å². The number of amides is 1. The van der Waals surface area contributed by atoms with Crippen LogP contribution in [0.5, 0.6) is 0 Å². The van der Waals surface area contributed by atoms with Gasteiger partial charge >= 0.3 is 5.69 Å². The van der Waals surface area contributed by atoms with E-state index in [1.807, 2.05) is 0 Å². The molecule has 0 saturated carbocycles. The maximum Gasteiger partial charge on any atom is 0.328 e. The Bertz CT molecular complexity index is 1280. The molecule has 0 spiro atoms. The van der Waals surface area contributed by atoms with Crippen molar-refractivity contribution in [2.75, 3.05) is 10.8 Å². The number of anilines is 1. The molecule has 0 aliphatic carbocycles. The third-order valence-corrected chi connectivity index (χ3v) is 6.45. The summed E-state index contributed by atoms with van der Waals surface area (Å²) < 4.78 is 44.8. The van der Waals surface area contributed by atoms with Gasteiger partial charge in [-0.25, -0.2) is 17.6 Å². The molecule has 0 unspecified atom stereocenters. The predicted molar refractivity (Wildman–Crippen MR) is 112 cm³/mol. The lowest BCUT2D eigenvalue weighted by molar-refractivity contribution is -0.120. The number of nitrogens with one attached hydrogen (secondary N) is 1. The monoisotopic (exact) mass is 434 g/mol. The van der Waals surface area contributed by atoms with E-state index in [0.29, 0.717) is 11.0 Å². The smallest absolute Gasteiger partial charge is 0.328 e. The van der Waals surface area contributed by atoms with Gasteiger partial charge in [-0.1, -0.05) is 12.1 Å². The van der Waals surface area contributed by atoms with E-state index >= 15 is 0 Å². The summed E-state index contributed by atoms with van der Waals surface area (Å²) in [5.41, 5.74) is 0.417. The first kappa shape index (κ1) is 21.6. The summed E-state index contributed by atoms with van der Waals surface area (Å²) in [6, 6.07) is 9.34. The number of sulfonamides is 1. The maximum atomic E-state index is 14.5. The van der Waals surface area contributed by atoms with Gasteiger partial charge in [0.15, 0.2) is 0 Å². The average Bonchev–Trinajstić information content (AvgIpc) is 2.90. The van der Waals surface area contributed by atoms with Crippen LogP contribution in [0, 0.1) is 5.82 Å². The Balaban J connectivity index is 2.15. The van der Waals surface area contributed by atoms with Crippen LogP contribution in [0.1, 0.15) is 13.8 Å². The minimum Gasteiger partial charge on any atom is -0.352 e. The summed E-state index contributed by atoms with van der Waals surface area (Å²) in [6.45, 7) is 2.89. The highest BCUT2D eigenvalue weighted by atomic mass is 32.2. The Morgan fingerprint density at radius 1 is 1.10 bits per heavy atom. The number of aromatic nitrogens is 2. The molecule has 0 atom stereocenters. The third kappa shape index (κ3) is 3.82. The largest absolute Gasteiger partial charge is 0.352 e. The molecule has 0 bridgehead atoms. The third-order valence-electron chi connectivity index (χ3n) is 4.69. The summed E-state index contributed by atoms with van der Waals surface area (Å²) in [7, 11) is -1.19. The van der Waals surface area contributed by atoms with E-state index in [1.165, 1.54) is 52.6 Å². The van der Waals surface area contributed by atoms with Crippen LogP contribution in [0.15, 0.2) is 52.2 Å². The number of aryl methyl sites for hydroxylation is 2. The van der Waals surface area contributed by atoms with Crippen LogP contribution >= 0.6 is 0 Å². The van der Waals surface area contributed by atoms with E-state index in [-0.39, 0.29) is 22.3 Å². The summed E-state index contributed by atoms with van der Waals surface area (Å²) in [4.78, 5) is 24.4. The highest BCUT2D eigenvalue weighted by molar-refractivity contribution is 7.92. The molecule has 1 heterocycles. The van der Waals surface area contributed by atoms with Crippen molar-refractivity contribution in [3.63, 3.8) is 0 Å². The van der Waals surface area contributed by atoms with Gasteiger partial charge < -0.3 is 5.32 Å². The van der Waals surface area contributed by atoms with Crippen LogP contribution < -0.4 is 15.3 Å². The van der Waals surface area contributed by atoms with Crippen molar-refractivity contribution >= 4 is 32.7 Å². The number of halogens is 1. The topological polar surface area (TPSA) is 93.4 Å². The molecule has 3 rings (SSSR count). The molecule has 0 aliphatic heterocycles. The molecule has 0 radical (unpaired) electrons. The second-order valence-corrected chi connectivity index (χ2v) is 9.10. The van der Waals surface area contributed by atoms with Crippen molar-refractivity contribution < 1.29 is 17.6 Å². The normalized spacial score (nSPS) is 11.8. The number of imidazole rings is 1. The van der Waals surface area contributed by atoms with E-state index < -0.39 is 28.3 Å². The lowest BCUT2D eigenvalue weighted by Crippen LogP contribution is -2.43. The molecule has 3 aromatic rings. The Hall–Kier alpha value is -3.14. The van der Waals surface area contributed by atoms with Crippen LogP contribution in [0.25, 0.3) is 11.0 Å². The van der Waals surface area contributed by atoms with Crippen LogP contribution in [0.3, 0.4) is 0 Å². The van der Waals surface area contributed by atoms with Crippen LogP contribution in [-0.4, -0.2) is 36.0 Å². The second kappa shape index (κ2) is 7.94. The Kier molecular flexibility index (Phi) is 5.71. The van der Waals surface area contributed by atoms with Gasteiger partial charge in [-0.05, 0) is 44.2 Å². The number of benzene rings is 2. The molecule has 1 N–H and O–H groups in total. The van der Waals surface area contributed by atoms with E-state index in [0.717, 1.165) is 10.4 Å². The second-order valence-electron chi connectivity index (χ2n) is 7.24. The molecule has 160 valence electrons. The van der Waals surface area contributed by atoms with Gasteiger partial charge in [-0.3, -0.25) is 18.2 Å². The SMILES string of the molecule is CC(C)NC(=O)CN(c1ccccc1F)S(=O)(=O)c1ccc2c(c1)n(C)c(=O)n2C. The summed E-state index contributed by atoms with van der Waals surface area (Å²) in [5.74, 6) is -1.34. The van der Waals surface area contributed by atoms with Gasteiger partial charge in [0.05, 0.1) is 21.6 Å². The van der Waals surface area contributed by atoms with E-state index in [1.54, 1.807) is 20.9 Å². The maximum absolute atomic E-state index is 14.5. The van der Waals surface area contributed by atoms with Crippen LogP contribution in [0.2, 0.25) is 0 Å². The quantitative estimate of drug-likeness (QED) is 0.640. The summed E-state index contributed by atoms with van der Waals surface area (Å²) in [6.07, 6.45) is 0. The molecular weight excluding hydrogens is 411 g/mol. The van der Waals surface area contributed by atoms with E-state index in [9.17, 15) is 22.4 Å². The number of para-hydroxylation sites is 1. The Morgan fingerprint density at radius 2 is 1.73 bits per heavy atom. The van der Waals surface area contributed by atoms with E-state index in [4.69, 9.17) is 0 Å². The van der Waals surface area contributed by atoms with Crippen LogP contribution in [0.4, 0.5) is 10.1 Å². The van der Waals surface area contributed by atoms with Gasteiger partial charge in [0.2, 0.25) is 5.91 Å². The molecule has 8 nitrogen and oxygen atoms in total. The molecule has 1 amide bonds. The fourth-order valence-electron chi connectivity index (χ4n) is 3.23. The Morgan fingerprint density at radius 3 is 2.37 bits per heavy atom. The van der Waals surface area contributed by atoms with Crippen molar-refractivity contribution in [2.45, 2.75) is 24.8 Å². The highest BCUT2D eigenvalue weighted by Gasteiger charge is 2.30. The predicted octanol–water partition coefficient (Wildman–Crippen LogP) is 1.74. The van der Waals surface area contributed by atoms with Gasteiger partial charge in [0.25, 0.3) is 10.0 Å². The number of carbonyl (C=O) groups excluding carboxylic acids is 1. The minimum atomic E-state index is -4.31. The fraction of sp³-hybridized carbons (Fsp3) is 0.300. The minimum absolute atomic E-state index is 0.156. The number of rotatable bonds is 6. The highest BCUT2D eigenvalue weighted by Crippen LogP contribution is 2.27. The average molecular weight is 434 g/mol. The van der Waals surface area contributed by atoms with Gasteiger partial charge in [-0.2, -0.15) is 0 Å². The number of hydrogen-bond acceptors (Lipinski definition) is 4. The molecule has 0 saturated heterocycles. The van der Waals surface area contributed by atoms with Gasteiger partial charge in [0.1, 0.15) is 12.4 Å². The molecule has 2 aromatic carbocycles. The zero-order valence-electron chi connectivity index (χ0n) is 17.1. The Labute approximate surface area is 173 Å². The molecule has 1 aromatic heterocycles. The lowest BCUT2D eigenvalue weighted by Gasteiger charge is -2.25. The first-order chi connectivity index (χ1) is 14.0. The number of nitrogens with zero attached hydrogens (tertiary/aromatic N) is 3. The molecule has 0 fully saturated rings. The van der Waals surface area contributed by atoms with Crippen molar-refractivity contribution in [3.8, 4) is 0 Å². The van der Waals surface area contributed by atoms with Crippen LogP contribution in [-0.2, 0) is 28.9 Å². The van der Waals surface area contributed by atoms with E-state index in [2.05, 4.69) is 5.32 Å². The number of fused-ring (bicyclic) bond motifs is 1. The fourth-order valence-corrected chi connectivity index (χ4v) is 4.68. The van der Waals surface area contributed by atoms with Gasteiger partial charge in [0, 0.05) is 20.1 Å². The first-order valence-corrected chi connectivity index (χ1v) is 10.7. The summed E-state index contributed by atoms with van der Waals surface area (Å²) >= 11 is 0.